The summed E-state index contributed by atoms with van der Waals surface area (Å²) < 4.78 is 5.16. The van der Waals surface area contributed by atoms with Crippen LogP contribution in [0.1, 0.15) is 32.3 Å². The molecule has 1 aromatic rings. The van der Waals surface area contributed by atoms with Crippen LogP contribution >= 0.6 is 0 Å². The van der Waals surface area contributed by atoms with E-state index in [-0.39, 0.29) is 0 Å². The first kappa shape index (κ1) is 16.3. The summed E-state index contributed by atoms with van der Waals surface area (Å²) in [6.45, 7) is 6.90. The van der Waals surface area contributed by atoms with E-state index in [4.69, 9.17) is 4.74 Å². The van der Waals surface area contributed by atoms with Crippen LogP contribution in [0.2, 0.25) is 0 Å². The summed E-state index contributed by atoms with van der Waals surface area (Å²) in [4.78, 5) is 6.87. The zero-order valence-corrected chi connectivity index (χ0v) is 13.1. The Hall–Kier alpha value is -1.71. The zero-order valence-electron chi connectivity index (χ0n) is 13.1. The van der Waals surface area contributed by atoms with Gasteiger partial charge in [-0.25, -0.2) is 4.99 Å². The van der Waals surface area contributed by atoms with Crippen molar-refractivity contribution in [3.63, 3.8) is 0 Å². The highest BCUT2D eigenvalue weighted by Crippen LogP contribution is 2.12. The third-order valence-electron chi connectivity index (χ3n) is 3.11. The van der Waals surface area contributed by atoms with Crippen molar-refractivity contribution in [2.24, 2.45) is 4.99 Å². The van der Waals surface area contributed by atoms with Gasteiger partial charge >= 0.3 is 0 Å². The third-order valence-corrected chi connectivity index (χ3v) is 3.11. The van der Waals surface area contributed by atoms with Crippen LogP contribution in [0.25, 0.3) is 0 Å². The van der Waals surface area contributed by atoms with E-state index in [1.807, 2.05) is 12.1 Å². The van der Waals surface area contributed by atoms with E-state index in [1.54, 1.807) is 7.11 Å². The van der Waals surface area contributed by atoms with Gasteiger partial charge < -0.3 is 15.0 Å². The molecule has 0 unspecified atom stereocenters. The predicted molar refractivity (Wildman–Crippen MR) is 85.3 cm³/mol. The van der Waals surface area contributed by atoms with Crippen molar-refractivity contribution in [2.45, 2.75) is 33.2 Å². The third kappa shape index (κ3) is 5.51. The summed E-state index contributed by atoms with van der Waals surface area (Å²) in [7, 11) is 3.77. The fourth-order valence-corrected chi connectivity index (χ4v) is 1.87. The molecule has 4 nitrogen and oxygen atoms in total. The first-order chi connectivity index (χ1) is 9.71. The molecule has 0 aliphatic rings. The van der Waals surface area contributed by atoms with Crippen molar-refractivity contribution in [1.29, 1.82) is 0 Å². The number of methoxy groups -OCH3 is 1. The van der Waals surface area contributed by atoms with Crippen LogP contribution in [0.5, 0.6) is 5.75 Å². The Bertz CT molecular complexity index is 401. The molecule has 0 aromatic heterocycles. The maximum Gasteiger partial charge on any atom is 0.193 e. The monoisotopic (exact) mass is 277 g/mol. The number of ether oxygens (including phenoxy) is 1. The number of benzene rings is 1. The second kappa shape index (κ2) is 9.23. The second-order valence-corrected chi connectivity index (χ2v) is 4.79. The fraction of sp³-hybridized carbons (Fsp3) is 0.562. The quantitative estimate of drug-likeness (QED) is 0.615. The average Bonchev–Trinajstić information content (AvgIpc) is 2.49. The summed E-state index contributed by atoms with van der Waals surface area (Å²) >= 11 is 0. The number of rotatable bonds is 7. The molecule has 0 saturated carbocycles. The summed E-state index contributed by atoms with van der Waals surface area (Å²) in [6, 6.07) is 8.05. The van der Waals surface area contributed by atoms with Crippen molar-refractivity contribution in [3.8, 4) is 5.75 Å². The molecule has 0 atom stereocenters. The van der Waals surface area contributed by atoms with Gasteiger partial charge in [0.05, 0.1) is 13.7 Å². The lowest BCUT2D eigenvalue weighted by atomic mass is 10.2. The minimum Gasteiger partial charge on any atom is -0.497 e. The number of hydrogen-bond donors (Lipinski definition) is 1. The minimum atomic E-state index is 0.683. The SMILES string of the molecule is CCCCN(C)C(=NCc1ccc(OC)cc1)NCC. The molecule has 0 amide bonds. The molecule has 0 heterocycles. The Morgan fingerprint density at radius 1 is 1.25 bits per heavy atom. The van der Waals surface area contributed by atoms with Crippen LogP contribution in [0.15, 0.2) is 29.3 Å². The predicted octanol–water partition coefficient (Wildman–Crippen LogP) is 2.89. The van der Waals surface area contributed by atoms with E-state index in [0.29, 0.717) is 6.54 Å². The molecule has 0 radical (unpaired) electrons. The molecule has 0 saturated heterocycles. The highest BCUT2D eigenvalue weighted by molar-refractivity contribution is 5.79. The van der Waals surface area contributed by atoms with Crippen molar-refractivity contribution in [1.82, 2.24) is 10.2 Å². The zero-order chi connectivity index (χ0) is 14.8. The maximum absolute atomic E-state index is 5.16. The highest BCUT2D eigenvalue weighted by Gasteiger charge is 2.04. The first-order valence-electron chi connectivity index (χ1n) is 7.33. The lowest BCUT2D eigenvalue weighted by Crippen LogP contribution is -2.39. The van der Waals surface area contributed by atoms with Crippen LogP contribution in [-0.4, -0.2) is 38.1 Å². The summed E-state index contributed by atoms with van der Waals surface area (Å²) in [6.07, 6.45) is 2.38. The van der Waals surface area contributed by atoms with Gasteiger partial charge in [-0.2, -0.15) is 0 Å². The van der Waals surface area contributed by atoms with Gasteiger partial charge in [0, 0.05) is 20.1 Å². The molecule has 1 aromatic carbocycles. The van der Waals surface area contributed by atoms with E-state index in [0.717, 1.165) is 24.8 Å². The second-order valence-electron chi connectivity index (χ2n) is 4.79. The summed E-state index contributed by atoms with van der Waals surface area (Å²) in [5.74, 6) is 1.85. The van der Waals surface area contributed by atoms with E-state index in [9.17, 15) is 0 Å². The number of guanidine groups is 1. The maximum atomic E-state index is 5.16. The number of unbranched alkanes of at least 4 members (excludes halogenated alkanes) is 1. The van der Waals surface area contributed by atoms with Gasteiger partial charge in [-0.15, -0.1) is 0 Å². The molecule has 0 fully saturated rings. The van der Waals surface area contributed by atoms with Gasteiger partial charge in [-0.1, -0.05) is 25.5 Å². The van der Waals surface area contributed by atoms with Crippen molar-refractivity contribution in [3.05, 3.63) is 29.8 Å². The van der Waals surface area contributed by atoms with Crippen LogP contribution < -0.4 is 10.1 Å². The van der Waals surface area contributed by atoms with Gasteiger partial charge in [-0.3, -0.25) is 0 Å². The molecule has 4 heteroatoms. The average molecular weight is 277 g/mol. The molecular formula is C16H27N3O. The Kier molecular flexibility index (Phi) is 7.55. The molecule has 0 spiro atoms. The van der Waals surface area contributed by atoms with Crippen LogP contribution in [0.4, 0.5) is 0 Å². The van der Waals surface area contributed by atoms with Crippen molar-refractivity contribution < 1.29 is 4.74 Å². The smallest absolute Gasteiger partial charge is 0.193 e. The fourth-order valence-electron chi connectivity index (χ4n) is 1.87. The van der Waals surface area contributed by atoms with Gasteiger partial charge in [0.2, 0.25) is 0 Å². The molecule has 0 bridgehead atoms. The van der Waals surface area contributed by atoms with Crippen molar-refractivity contribution in [2.75, 3.05) is 27.2 Å². The standard InChI is InChI=1S/C16H27N3O/c1-5-7-12-19(3)16(17-6-2)18-13-14-8-10-15(20-4)11-9-14/h8-11H,5-7,12-13H2,1-4H3,(H,17,18). The first-order valence-corrected chi connectivity index (χ1v) is 7.33. The van der Waals surface area contributed by atoms with Crippen LogP contribution in [-0.2, 0) is 6.54 Å². The molecule has 112 valence electrons. The Morgan fingerprint density at radius 3 is 2.50 bits per heavy atom. The number of nitrogens with zero attached hydrogens (tertiary/aromatic N) is 2. The molecule has 0 aliphatic heterocycles. The number of hydrogen-bond acceptors (Lipinski definition) is 2. The number of nitrogens with one attached hydrogen (secondary N) is 1. The molecule has 0 aliphatic carbocycles. The molecular weight excluding hydrogens is 250 g/mol. The van der Waals surface area contributed by atoms with E-state index in [2.05, 4.69) is 48.2 Å². The van der Waals surface area contributed by atoms with Gasteiger partial charge in [0.15, 0.2) is 5.96 Å². The molecule has 1 N–H and O–H groups in total. The topological polar surface area (TPSA) is 36.9 Å². The van der Waals surface area contributed by atoms with Gasteiger partial charge in [-0.05, 0) is 31.0 Å². The van der Waals surface area contributed by atoms with E-state index < -0.39 is 0 Å². The minimum absolute atomic E-state index is 0.683. The molecule has 1 rings (SSSR count). The van der Waals surface area contributed by atoms with Gasteiger partial charge in [0.1, 0.15) is 5.75 Å². The summed E-state index contributed by atoms with van der Waals surface area (Å²) in [5.41, 5.74) is 1.19. The summed E-state index contributed by atoms with van der Waals surface area (Å²) in [5, 5.41) is 3.34. The Labute approximate surface area is 122 Å². The van der Waals surface area contributed by atoms with Crippen LogP contribution in [0, 0.1) is 0 Å². The number of aliphatic imine (C=N–C) groups is 1. The molecule has 20 heavy (non-hydrogen) atoms. The normalized spacial score (nSPS) is 11.3. The van der Waals surface area contributed by atoms with Crippen molar-refractivity contribution >= 4 is 5.96 Å². The Morgan fingerprint density at radius 2 is 1.95 bits per heavy atom. The van der Waals surface area contributed by atoms with E-state index in [1.165, 1.54) is 18.4 Å². The van der Waals surface area contributed by atoms with Crippen LogP contribution in [0.3, 0.4) is 0 Å². The highest BCUT2D eigenvalue weighted by atomic mass is 16.5. The van der Waals surface area contributed by atoms with Gasteiger partial charge in [0.25, 0.3) is 0 Å². The Balaban J connectivity index is 2.64. The van der Waals surface area contributed by atoms with E-state index >= 15 is 0 Å². The largest absolute Gasteiger partial charge is 0.497 e. The lowest BCUT2D eigenvalue weighted by molar-refractivity contribution is 0.414. The lowest BCUT2D eigenvalue weighted by Gasteiger charge is -2.21.